The molecular weight excluding hydrogens is 997 g/mol. The maximum Gasteiger partial charge on any atom is 0.306 e. The number of hydrogen-bond donors (Lipinski definition) is 0. The smallest absolute Gasteiger partial charge is 0.306 e. The molecule has 0 bridgehead atoms. The minimum Gasteiger partial charge on any atom is -0.462 e. The van der Waals surface area contributed by atoms with Crippen LogP contribution in [-0.4, -0.2) is 37.2 Å². The summed E-state index contributed by atoms with van der Waals surface area (Å²) in [5.74, 6) is -0.859. The summed E-state index contributed by atoms with van der Waals surface area (Å²) < 4.78 is 16.9. The van der Waals surface area contributed by atoms with Crippen LogP contribution < -0.4 is 0 Å². The monoisotopic (exact) mass is 1130 g/mol. The normalized spacial score (nSPS) is 12.5. The van der Waals surface area contributed by atoms with Crippen LogP contribution in [0.25, 0.3) is 0 Å². The summed E-state index contributed by atoms with van der Waals surface area (Å²) in [5, 5.41) is 0. The zero-order chi connectivity index (χ0) is 58.5. The van der Waals surface area contributed by atoms with Crippen molar-refractivity contribution in [1.82, 2.24) is 0 Å². The van der Waals surface area contributed by atoms with Crippen molar-refractivity contribution >= 4 is 17.9 Å². The minimum atomic E-state index is -0.773. The highest BCUT2D eigenvalue weighted by Gasteiger charge is 2.19. The number of allylic oxidation sites excluding steroid dienone is 12. The lowest BCUT2D eigenvalue weighted by molar-refractivity contribution is -0.167. The van der Waals surface area contributed by atoms with Gasteiger partial charge < -0.3 is 14.2 Å². The first-order valence-corrected chi connectivity index (χ1v) is 35.4. The molecule has 6 nitrogen and oxygen atoms in total. The standard InChI is InChI=1S/C75H134O6/c1-4-7-10-13-16-19-21-23-25-27-29-31-33-35-37-38-39-41-42-44-46-48-50-52-54-56-59-62-65-68-74(77)80-71-72(70-79-73(76)67-64-61-58-18-15-12-9-6-3)81-75(78)69-66-63-60-57-55-53-51-49-47-45-43-40-36-34-32-30-28-26-24-22-20-17-14-11-8-5-2/h7,10,16,19,23,25,29,31,35,37,39,41,72H,4-6,8-9,11-15,17-18,20-22,24,26-28,30,32-34,36,38,40,42-71H2,1-3H3/b10-7-,19-16-,25-23-,31-29-,37-35-,41-39-. The highest BCUT2D eigenvalue weighted by Crippen LogP contribution is 2.18. The second kappa shape index (κ2) is 69.3. The number of esters is 3. The summed E-state index contributed by atoms with van der Waals surface area (Å²) in [6.07, 6.45) is 91.0. The molecule has 0 N–H and O–H groups in total. The summed E-state index contributed by atoms with van der Waals surface area (Å²) in [5.41, 5.74) is 0. The van der Waals surface area contributed by atoms with E-state index >= 15 is 0 Å². The summed E-state index contributed by atoms with van der Waals surface area (Å²) >= 11 is 0. The van der Waals surface area contributed by atoms with E-state index in [9.17, 15) is 14.4 Å². The lowest BCUT2D eigenvalue weighted by Crippen LogP contribution is -2.30. The first-order valence-electron chi connectivity index (χ1n) is 35.4. The van der Waals surface area contributed by atoms with E-state index in [4.69, 9.17) is 14.2 Å². The van der Waals surface area contributed by atoms with Crippen LogP contribution in [0.15, 0.2) is 72.9 Å². The number of unbranched alkanes of at least 4 members (excludes halogenated alkanes) is 42. The summed E-state index contributed by atoms with van der Waals surface area (Å²) in [7, 11) is 0. The molecule has 0 heterocycles. The number of ether oxygens (including phenoxy) is 3. The van der Waals surface area contributed by atoms with Crippen molar-refractivity contribution in [1.29, 1.82) is 0 Å². The Bertz CT molecular complexity index is 1490. The predicted molar refractivity (Wildman–Crippen MR) is 353 cm³/mol. The summed E-state index contributed by atoms with van der Waals surface area (Å²) in [6, 6.07) is 0. The van der Waals surface area contributed by atoms with Gasteiger partial charge >= 0.3 is 17.9 Å². The summed E-state index contributed by atoms with van der Waals surface area (Å²) in [4.78, 5) is 38.3. The molecule has 0 amide bonds. The van der Waals surface area contributed by atoms with Gasteiger partial charge in [0.25, 0.3) is 0 Å². The zero-order valence-electron chi connectivity index (χ0n) is 54.1. The molecule has 0 aromatic heterocycles. The maximum atomic E-state index is 12.9. The van der Waals surface area contributed by atoms with Crippen LogP contribution in [0.4, 0.5) is 0 Å². The van der Waals surface area contributed by atoms with E-state index in [0.717, 1.165) is 96.3 Å². The zero-order valence-corrected chi connectivity index (χ0v) is 54.1. The molecule has 0 aromatic rings. The van der Waals surface area contributed by atoms with Gasteiger partial charge in [0.1, 0.15) is 13.2 Å². The van der Waals surface area contributed by atoms with Crippen molar-refractivity contribution < 1.29 is 28.6 Å². The van der Waals surface area contributed by atoms with E-state index in [1.165, 1.54) is 231 Å². The van der Waals surface area contributed by atoms with Gasteiger partial charge in [-0.25, -0.2) is 0 Å². The van der Waals surface area contributed by atoms with Crippen LogP contribution in [0.1, 0.15) is 367 Å². The molecule has 0 aromatic carbocycles. The molecule has 0 spiro atoms. The van der Waals surface area contributed by atoms with Crippen LogP contribution in [0.2, 0.25) is 0 Å². The van der Waals surface area contributed by atoms with Crippen LogP contribution in [0.5, 0.6) is 0 Å². The fraction of sp³-hybridized carbons (Fsp3) is 0.800. The van der Waals surface area contributed by atoms with Crippen molar-refractivity contribution in [2.24, 2.45) is 0 Å². The van der Waals surface area contributed by atoms with Crippen LogP contribution in [-0.2, 0) is 28.6 Å². The van der Waals surface area contributed by atoms with E-state index < -0.39 is 6.10 Å². The third-order valence-corrected chi connectivity index (χ3v) is 15.7. The maximum absolute atomic E-state index is 12.9. The van der Waals surface area contributed by atoms with Crippen molar-refractivity contribution in [3.05, 3.63) is 72.9 Å². The molecule has 0 aliphatic carbocycles. The van der Waals surface area contributed by atoms with Gasteiger partial charge in [0, 0.05) is 19.3 Å². The highest BCUT2D eigenvalue weighted by atomic mass is 16.6. The minimum absolute atomic E-state index is 0.0716. The van der Waals surface area contributed by atoms with E-state index in [-0.39, 0.29) is 31.1 Å². The van der Waals surface area contributed by atoms with E-state index in [1.54, 1.807) is 0 Å². The van der Waals surface area contributed by atoms with Crippen molar-refractivity contribution in [3.63, 3.8) is 0 Å². The topological polar surface area (TPSA) is 78.9 Å². The molecule has 0 saturated carbocycles. The van der Waals surface area contributed by atoms with Crippen LogP contribution >= 0.6 is 0 Å². The number of carbonyl (C=O) groups is 3. The fourth-order valence-electron chi connectivity index (χ4n) is 10.5. The third kappa shape index (κ3) is 67.5. The van der Waals surface area contributed by atoms with Gasteiger partial charge in [0.05, 0.1) is 0 Å². The number of rotatable bonds is 65. The third-order valence-electron chi connectivity index (χ3n) is 15.7. The van der Waals surface area contributed by atoms with Gasteiger partial charge in [-0.15, -0.1) is 0 Å². The lowest BCUT2D eigenvalue weighted by atomic mass is 10.0. The van der Waals surface area contributed by atoms with Gasteiger partial charge in [0.2, 0.25) is 0 Å². The number of carbonyl (C=O) groups excluding carboxylic acids is 3. The molecule has 1 atom stereocenters. The average Bonchev–Trinajstić information content (AvgIpc) is 3.47. The molecule has 6 heteroatoms. The molecule has 470 valence electrons. The molecular formula is C75H134O6. The van der Waals surface area contributed by atoms with E-state index in [0.29, 0.717) is 19.3 Å². The molecule has 81 heavy (non-hydrogen) atoms. The summed E-state index contributed by atoms with van der Waals surface area (Å²) in [6.45, 7) is 6.55. The second-order valence-corrected chi connectivity index (χ2v) is 23.8. The van der Waals surface area contributed by atoms with Gasteiger partial charge in [-0.2, -0.15) is 0 Å². The van der Waals surface area contributed by atoms with E-state index in [2.05, 4.69) is 93.7 Å². The average molecular weight is 1130 g/mol. The fourth-order valence-corrected chi connectivity index (χ4v) is 10.5. The van der Waals surface area contributed by atoms with Crippen molar-refractivity contribution in [2.45, 2.75) is 374 Å². The number of hydrogen-bond acceptors (Lipinski definition) is 6. The van der Waals surface area contributed by atoms with Gasteiger partial charge in [0.15, 0.2) is 6.10 Å². The predicted octanol–water partition coefficient (Wildman–Crippen LogP) is 24.4. The van der Waals surface area contributed by atoms with Gasteiger partial charge in [-0.05, 0) is 70.6 Å². The molecule has 1 unspecified atom stereocenters. The lowest BCUT2D eigenvalue weighted by Gasteiger charge is -2.18. The van der Waals surface area contributed by atoms with Crippen LogP contribution in [0.3, 0.4) is 0 Å². The van der Waals surface area contributed by atoms with Crippen molar-refractivity contribution in [3.8, 4) is 0 Å². The van der Waals surface area contributed by atoms with Gasteiger partial charge in [-0.3, -0.25) is 14.4 Å². The molecule has 0 rings (SSSR count). The molecule has 0 aliphatic heterocycles. The highest BCUT2D eigenvalue weighted by molar-refractivity contribution is 5.71. The Hall–Kier alpha value is -3.15. The molecule has 0 saturated heterocycles. The SMILES string of the molecule is CC/C=C\C/C=C\C/C=C\C/C=C\C/C=C\C/C=C\CCCCCCCCCCCCC(=O)OCC(COC(=O)CCCCCCCCCC)OC(=O)CCCCCCCCCCCCCCCCCCCCCCCCCCCC. The Labute approximate surface area is 503 Å². The molecule has 0 radical (unpaired) electrons. The Morgan fingerprint density at radius 2 is 0.481 bits per heavy atom. The Balaban J connectivity index is 4.10. The van der Waals surface area contributed by atoms with Crippen LogP contribution in [0, 0.1) is 0 Å². The quantitative estimate of drug-likeness (QED) is 0.0261. The first kappa shape index (κ1) is 77.9. The Morgan fingerprint density at radius 3 is 0.753 bits per heavy atom. The molecule has 0 aliphatic rings. The van der Waals surface area contributed by atoms with Gasteiger partial charge in [-0.1, -0.05) is 351 Å². The Morgan fingerprint density at radius 1 is 0.259 bits per heavy atom. The second-order valence-electron chi connectivity index (χ2n) is 23.8. The molecule has 0 fully saturated rings. The largest absolute Gasteiger partial charge is 0.462 e. The van der Waals surface area contributed by atoms with Crippen molar-refractivity contribution in [2.75, 3.05) is 13.2 Å². The first-order chi connectivity index (χ1) is 40.0. The van der Waals surface area contributed by atoms with E-state index in [1.807, 2.05) is 0 Å². The Kier molecular flexibility index (Phi) is 66.6.